The standard InChI is InChI=1S/C23H25N5/c1-5-27-22-13-9-7-11-20(22)25-23(27)26-24-15-19-14-17(3)28(18(19)4)21-12-8-6-10-16(21)2/h6-15H,5H2,1-4H3,(H,25,26)/b24-15-. The molecule has 0 spiro atoms. The lowest BCUT2D eigenvalue weighted by molar-refractivity contribution is 0.791. The van der Waals surface area contributed by atoms with Gasteiger partial charge in [0, 0.05) is 29.2 Å². The summed E-state index contributed by atoms with van der Waals surface area (Å²) in [6.07, 6.45) is 1.87. The molecule has 0 atom stereocenters. The zero-order valence-corrected chi connectivity index (χ0v) is 16.8. The van der Waals surface area contributed by atoms with Crippen molar-refractivity contribution < 1.29 is 0 Å². The summed E-state index contributed by atoms with van der Waals surface area (Å²) in [5, 5.41) is 4.48. The summed E-state index contributed by atoms with van der Waals surface area (Å²) < 4.78 is 4.40. The normalized spacial score (nSPS) is 11.6. The second kappa shape index (κ2) is 7.35. The molecule has 4 rings (SSSR count). The molecule has 0 aliphatic heterocycles. The van der Waals surface area contributed by atoms with Gasteiger partial charge in [-0.3, -0.25) is 0 Å². The number of hydrogen-bond acceptors (Lipinski definition) is 3. The van der Waals surface area contributed by atoms with E-state index in [0.717, 1.165) is 29.1 Å². The number of rotatable bonds is 5. The van der Waals surface area contributed by atoms with E-state index in [-0.39, 0.29) is 0 Å². The molecule has 2 aromatic heterocycles. The third-order valence-electron chi connectivity index (χ3n) is 5.17. The highest BCUT2D eigenvalue weighted by atomic mass is 15.4. The third-order valence-corrected chi connectivity index (χ3v) is 5.17. The van der Waals surface area contributed by atoms with Crippen LogP contribution in [0.3, 0.4) is 0 Å². The molecule has 0 aliphatic carbocycles. The van der Waals surface area contributed by atoms with Crippen molar-refractivity contribution in [3.63, 3.8) is 0 Å². The Bertz CT molecular complexity index is 1160. The van der Waals surface area contributed by atoms with E-state index in [2.05, 4.69) is 88.7 Å². The first kappa shape index (κ1) is 18.0. The summed E-state index contributed by atoms with van der Waals surface area (Å²) in [5.74, 6) is 0.757. The largest absolute Gasteiger partial charge is 0.318 e. The van der Waals surface area contributed by atoms with Crippen LogP contribution in [0.25, 0.3) is 16.7 Å². The van der Waals surface area contributed by atoms with Crippen molar-refractivity contribution in [1.29, 1.82) is 0 Å². The second-order valence-corrected chi connectivity index (χ2v) is 6.99. The number of nitrogens with zero attached hydrogens (tertiary/aromatic N) is 4. The molecule has 0 unspecified atom stereocenters. The summed E-state index contributed by atoms with van der Waals surface area (Å²) in [6, 6.07) is 18.7. The van der Waals surface area contributed by atoms with Crippen molar-refractivity contribution >= 4 is 23.2 Å². The Balaban J connectivity index is 1.63. The van der Waals surface area contributed by atoms with E-state index in [4.69, 9.17) is 0 Å². The number of anilines is 1. The van der Waals surface area contributed by atoms with Crippen molar-refractivity contribution in [3.8, 4) is 5.69 Å². The lowest BCUT2D eigenvalue weighted by atomic mass is 10.2. The van der Waals surface area contributed by atoms with Crippen LogP contribution in [0.1, 0.15) is 29.4 Å². The van der Waals surface area contributed by atoms with E-state index >= 15 is 0 Å². The highest BCUT2D eigenvalue weighted by molar-refractivity contribution is 5.83. The van der Waals surface area contributed by atoms with Gasteiger partial charge in [-0.25, -0.2) is 10.4 Å². The first-order chi connectivity index (χ1) is 13.6. The van der Waals surface area contributed by atoms with E-state index in [0.29, 0.717) is 0 Å². The average molecular weight is 371 g/mol. The van der Waals surface area contributed by atoms with Gasteiger partial charge >= 0.3 is 0 Å². The minimum absolute atomic E-state index is 0.757. The first-order valence-electron chi connectivity index (χ1n) is 9.59. The predicted octanol–water partition coefficient (Wildman–Crippen LogP) is 5.22. The topological polar surface area (TPSA) is 47.1 Å². The Labute approximate surface area is 165 Å². The van der Waals surface area contributed by atoms with Crippen molar-refractivity contribution in [2.75, 3.05) is 5.43 Å². The van der Waals surface area contributed by atoms with Crippen LogP contribution in [0.2, 0.25) is 0 Å². The molecule has 2 heterocycles. The van der Waals surface area contributed by atoms with Crippen molar-refractivity contribution in [3.05, 3.63) is 77.1 Å². The SMILES string of the molecule is CCn1c(N/N=C\c2cc(C)n(-c3ccccc3C)c2C)nc2ccccc21. The molecule has 5 nitrogen and oxygen atoms in total. The Morgan fingerprint density at radius 3 is 2.57 bits per heavy atom. The summed E-state index contributed by atoms with van der Waals surface area (Å²) in [7, 11) is 0. The van der Waals surface area contributed by atoms with E-state index < -0.39 is 0 Å². The summed E-state index contributed by atoms with van der Waals surface area (Å²) in [5.41, 5.74) is 11.1. The predicted molar refractivity (Wildman–Crippen MR) is 117 cm³/mol. The van der Waals surface area contributed by atoms with Crippen molar-refractivity contribution in [1.82, 2.24) is 14.1 Å². The summed E-state index contributed by atoms with van der Waals surface area (Å²) >= 11 is 0. The maximum atomic E-state index is 4.65. The Kier molecular flexibility index (Phi) is 4.74. The van der Waals surface area contributed by atoms with E-state index in [1.807, 2.05) is 24.4 Å². The maximum Gasteiger partial charge on any atom is 0.224 e. The van der Waals surface area contributed by atoms with Gasteiger partial charge in [-0.2, -0.15) is 5.10 Å². The molecule has 0 amide bonds. The van der Waals surface area contributed by atoms with E-state index in [9.17, 15) is 0 Å². The highest BCUT2D eigenvalue weighted by Crippen LogP contribution is 2.23. The molecule has 0 saturated carbocycles. The molecule has 142 valence electrons. The van der Waals surface area contributed by atoms with Crippen LogP contribution in [0.5, 0.6) is 0 Å². The maximum absolute atomic E-state index is 4.65. The van der Waals surface area contributed by atoms with Crippen molar-refractivity contribution in [2.24, 2.45) is 5.10 Å². The van der Waals surface area contributed by atoms with E-state index in [1.165, 1.54) is 22.6 Å². The lowest BCUT2D eigenvalue weighted by Gasteiger charge is -2.12. The fourth-order valence-electron chi connectivity index (χ4n) is 3.74. The minimum atomic E-state index is 0.757. The number of para-hydroxylation sites is 3. The minimum Gasteiger partial charge on any atom is -0.318 e. The van der Waals surface area contributed by atoms with Crippen molar-refractivity contribution in [2.45, 2.75) is 34.2 Å². The van der Waals surface area contributed by atoms with Gasteiger partial charge in [0.15, 0.2) is 0 Å². The quantitative estimate of drug-likeness (QED) is 0.386. The monoisotopic (exact) mass is 371 g/mol. The molecule has 5 heteroatoms. The average Bonchev–Trinajstić information content (AvgIpc) is 3.19. The number of hydrogen-bond donors (Lipinski definition) is 1. The van der Waals surface area contributed by atoms with Gasteiger partial charge in [0.2, 0.25) is 5.95 Å². The lowest BCUT2D eigenvalue weighted by Crippen LogP contribution is -2.03. The fraction of sp³-hybridized carbons (Fsp3) is 0.217. The molecule has 0 saturated heterocycles. The summed E-state index contributed by atoms with van der Waals surface area (Å²) in [4.78, 5) is 4.65. The molecule has 28 heavy (non-hydrogen) atoms. The van der Waals surface area contributed by atoms with Crippen LogP contribution in [-0.2, 0) is 6.54 Å². The molecule has 0 radical (unpaired) electrons. The van der Waals surface area contributed by atoms with Gasteiger partial charge in [-0.1, -0.05) is 30.3 Å². The molecule has 0 bridgehead atoms. The zero-order valence-electron chi connectivity index (χ0n) is 16.8. The number of aryl methyl sites for hydroxylation is 3. The van der Waals surface area contributed by atoms with Crippen LogP contribution < -0.4 is 5.43 Å². The van der Waals surface area contributed by atoms with Gasteiger partial charge in [-0.15, -0.1) is 0 Å². The molecule has 0 fully saturated rings. The Morgan fingerprint density at radius 1 is 1.04 bits per heavy atom. The smallest absolute Gasteiger partial charge is 0.224 e. The van der Waals surface area contributed by atoms with Crippen LogP contribution in [0.15, 0.2) is 59.7 Å². The van der Waals surface area contributed by atoms with Gasteiger partial charge in [0.25, 0.3) is 0 Å². The Hall–Kier alpha value is -3.34. The van der Waals surface area contributed by atoms with Crippen LogP contribution in [0.4, 0.5) is 5.95 Å². The fourth-order valence-corrected chi connectivity index (χ4v) is 3.74. The molecule has 1 N–H and O–H groups in total. The number of benzene rings is 2. The van der Waals surface area contributed by atoms with Gasteiger partial charge in [0.05, 0.1) is 17.2 Å². The molecular formula is C23H25N5. The third kappa shape index (κ3) is 3.09. The summed E-state index contributed by atoms with van der Waals surface area (Å²) in [6.45, 7) is 9.33. The number of imidazole rings is 1. The van der Waals surface area contributed by atoms with Gasteiger partial charge < -0.3 is 9.13 Å². The second-order valence-electron chi connectivity index (χ2n) is 6.99. The van der Waals surface area contributed by atoms with E-state index in [1.54, 1.807) is 0 Å². The first-order valence-corrected chi connectivity index (χ1v) is 9.59. The van der Waals surface area contributed by atoms with Gasteiger partial charge in [0.1, 0.15) is 0 Å². The van der Waals surface area contributed by atoms with Crippen LogP contribution >= 0.6 is 0 Å². The number of fused-ring (bicyclic) bond motifs is 1. The molecule has 2 aromatic carbocycles. The van der Waals surface area contributed by atoms with Crippen LogP contribution in [-0.4, -0.2) is 20.3 Å². The zero-order chi connectivity index (χ0) is 19.7. The molecular weight excluding hydrogens is 346 g/mol. The Morgan fingerprint density at radius 2 is 1.79 bits per heavy atom. The highest BCUT2D eigenvalue weighted by Gasteiger charge is 2.11. The van der Waals surface area contributed by atoms with Crippen LogP contribution in [0, 0.1) is 20.8 Å². The molecule has 4 aromatic rings. The molecule has 0 aliphatic rings. The van der Waals surface area contributed by atoms with Gasteiger partial charge in [-0.05, 0) is 57.5 Å². The number of nitrogens with one attached hydrogen (secondary N) is 1. The number of aromatic nitrogens is 3. The number of hydrazone groups is 1.